The van der Waals surface area contributed by atoms with Gasteiger partial charge in [-0.1, -0.05) is 6.92 Å². The standard InChI is InChI=1S/C11H12N2O2/c1-4-8-5-6(2)9-10(12-8)13-11(15-9)7(3)14/h5H,4H2,1-3H3. The maximum Gasteiger partial charge on any atom is 0.265 e. The lowest BCUT2D eigenvalue weighted by Crippen LogP contribution is -1.91. The predicted molar refractivity (Wildman–Crippen MR) is 55.9 cm³/mol. The van der Waals surface area contributed by atoms with Gasteiger partial charge in [0.05, 0.1) is 0 Å². The second-order valence-corrected chi connectivity index (χ2v) is 3.51. The summed E-state index contributed by atoms with van der Waals surface area (Å²) in [5.41, 5.74) is 3.06. The number of Topliss-reactive ketones (excluding diaryl/α,β-unsaturated/α-hetero) is 1. The van der Waals surface area contributed by atoms with Crippen molar-refractivity contribution in [2.24, 2.45) is 0 Å². The molecule has 0 spiro atoms. The Morgan fingerprint density at radius 2 is 2.20 bits per heavy atom. The number of hydrogen-bond donors (Lipinski definition) is 0. The molecule has 0 atom stereocenters. The number of hydrogen-bond acceptors (Lipinski definition) is 4. The second-order valence-electron chi connectivity index (χ2n) is 3.51. The molecule has 2 rings (SSSR count). The number of nitrogens with zero attached hydrogens (tertiary/aromatic N) is 2. The zero-order valence-corrected chi connectivity index (χ0v) is 9.00. The molecule has 2 aromatic rings. The van der Waals surface area contributed by atoms with Crippen LogP contribution in [0.4, 0.5) is 0 Å². The molecule has 0 aliphatic carbocycles. The maximum atomic E-state index is 11.1. The molecule has 0 bridgehead atoms. The van der Waals surface area contributed by atoms with Crippen LogP contribution in [0, 0.1) is 6.92 Å². The number of pyridine rings is 1. The zero-order chi connectivity index (χ0) is 11.0. The molecule has 0 saturated carbocycles. The van der Waals surface area contributed by atoms with Crippen LogP contribution in [-0.4, -0.2) is 15.8 Å². The quantitative estimate of drug-likeness (QED) is 0.704. The van der Waals surface area contributed by atoms with Crippen LogP contribution < -0.4 is 0 Å². The molecule has 15 heavy (non-hydrogen) atoms. The molecule has 0 aromatic carbocycles. The first-order valence-corrected chi connectivity index (χ1v) is 4.89. The highest BCUT2D eigenvalue weighted by molar-refractivity contribution is 5.92. The summed E-state index contributed by atoms with van der Waals surface area (Å²) in [6, 6.07) is 1.96. The van der Waals surface area contributed by atoms with Crippen LogP contribution >= 0.6 is 0 Å². The van der Waals surface area contributed by atoms with Gasteiger partial charge in [0.25, 0.3) is 5.89 Å². The van der Waals surface area contributed by atoms with E-state index in [0.717, 1.165) is 17.7 Å². The van der Waals surface area contributed by atoms with E-state index in [2.05, 4.69) is 9.97 Å². The van der Waals surface area contributed by atoms with Gasteiger partial charge in [-0.25, -0.2) is 4.98 Å². The molecular weight excluding hydrogens is 192 g/mol. The zero-order valence-electron chi connectivity index (χ0n) is 9.00. The minimum absolute atomic E-state index is 0.133. The van der Waals surface area contributed by atoms with Crippen LogP contribution in [0.25, 0.3) is 11.2 Å². The van der Waals surface area contributed by atoms with Gasteiger partial charge in [-0.2, -0.15) is 4.98 Å². The van der Waals surface area contributed by atoms with E-state index in [-0.39, 0.29) is 11.7 Å². The fraction of sp³-hybridized carbons (Fsp3) is 0.364. The van der Waals surface area contributed by atoms with Gasteiger partial charge in [-0.15, -0.1) is 0 Å². The molecule has 4 heteroatoms. The third-order valence-electron chi connectivity index (χ3n) is 2.26. The molecule has 0 saturated heterocycles. The van der Waals surface area contributed by atoms with Gasteiger partial charge >= 0.3 is 0 Å². The molecule has 0 aliphatic heterocycles. The summed E-state index contributed by atoms with van der Waals surface area (Å²) in [7, 11) is 0. The molecule has 0 amide bonds. The van der Waals surface area contributed by atoms with Crippen molar-refractivity contribution in [3.63, 3.8) is 0 Å². The third kappa shape index (κ3) is 1.63. The summed E-state index contributed by atoms with van der Waals surface area (Å²) in [6.07, 6.45) is 0.846. The molecular formula is C11H12N2O2. The SMILES string of the molecule is CCc1cc(C)c2oc(C(C)=O)nc2n1. The summed E-state index contributed by atoms with van der Waals surface area (Å²) < 4.78 is 5.34. The van der Waals surface area contributed by atoms with Gasteiger partial charge < -0.3 is 4.42 Å². The molecule has 0 aliphatic rings. The lowest BCUT2D eigenvalue weighted by atomic mass is 10.2. The summed E-state index contributed by atoms with van der Waals surface area (Å²) in [4.78, 5) is 19.5. The predicted octanol–water partition coefficient (Wildman–Crippen LogP) is 2.30. The van der Waals surface area contributed by atoms with Crippen molar-refractivity contribution in [1.82, 2.24) is 9.97 Å². The molecule has 0 unspecified atom stereocenters. The minimum atomic E-state index is -0.176. The fourth-order valence-corrected chi connectivity index (χ4v) is 1.46. The summed E-state index contributed by atoms with van der Waals surface area (Å²) >= 11 is 0. The highest BCUT2D eigenvalue weighted by Crippen LogP contribution is 2.19. The smallest absolute Gasteiger partial charge is 0.265 e. The van der Waals surface area contributed by atoms with E-state index >= 15 is 0 Å². The average molecular weight is 204 g/mol. The van der Waals surface area contributed by atoms with Crippen LogP contribution in [0.3, 0.4) is 0 Å². The van der Waals surface area contributed by atoms with Gasteiger partial charge in [0.15, 0.2) is 11.2 Å². The Morgan fingerprint density at radius 3 is 2.80 bits per heavy atom. The first kappa shape index (κ1) is 9.83. The van der Waals surface area contributed by atoms with Crippen molar-refractivity contribution < 1.29 is 9.21 Å². The lowest BCUT2D eigenvalue weighted by Gasteiger charge is -1.97. The Bertz CT molecular complexity index is 529. The maximum absolute atomic E-state index is 11.1. The molecule has 4 nitrogen and oxygen atoms in total. The molecule has 0 N–H and O–H groups in total. The van der Waals surface area contributed by atoms with Crippen molar-refractivity contribution in [2.75, 3.05) is 0 Å². The summed E-state index contributed by atoms with van der Waals surface area (Å²) in [5.74, 6) is -0.0423. The van der Waals surface area contributed by atoms with Crippen LogP contribution in [0.5, 0.6) is 0 Å². The molecule has 78 valence electrons. The molecule has 0 fully saturated rings. The first-order chi connectivity index (χ1) is 7.11. The van der Waals surface area contributed by atoms with E-state index in [1.807, 2.05) is 19.9 Å². The van der Waals surface area contributed by atoms with Crippen LogP contribution in [-0.2, 0) is 6.42 Å². The summed E-state index contributed by atoms with van der Waals surface area (Å²) in [5, 5.41) is 0. The molecule has 0 radical (unpaired) electrons. The van der Waals surface area contributed by atoms with Crippen molar-refractivity contribution >= 4 is 17.0 Å². The Hall–Kier alpha value is -1.71. The van der Waals surface area contributed by atoms with Gasteiger partial charge in [-0.05, 0) is 25.0 Å². The number of ketones is 1. The Kier molecular flexibility index (Phi) is 2.26. The van der Waals surface area contributed by atoms with Gasteiger partial charge in [0, 0.05) is 12.6 Å². The number of carbonyl (C=O) groups is 1. The largest absolute Gasteiger partial charge is 0.432 e. The van der Waals surface area contributed by atoms with Crippen molar-refractivity contribution in [3.05, 3.63) is 23.2 Å². The van der Waals surface area contributed by atoms with Crippen LogP contribution in [0.1, 0.15) is 35.8 Å². The monoisotopic (exact) mass is 204 g/mol. The van der Waals surface area contributed by atoms with Crippen molar-refractivity contribution in [1.29, 1.82) is 0 Å². The number of rotatable bonds is 2. The highest BCUT2D eigenvalue weighted by atomic mass is 16.4. The number of fused-ring (bicyclic) bond motifs is 1. The minimum Gasteiger partial charge on any atom is -0.432 e. The van der Waals surface area contributed by atoms with Crippen LogP contribution in [0.2, 0.25) is 0 Å². The van der Waals surface area contributed by atoms with E-state index in [1.54, 1.807) is 0 Å². The number of carbonyl (C=O) groups excluding carboxylic acids is 1. The summed E-state index contributed by atoms with van der Waals surface area (Å²) in [6.45, 7) is 5.39. The second kappa shape index (κ2) is 3.46. The van der Waals surface area contributed by atoms with Gasteiger partial charge in [0.1, 0.15) is 0 Å². The lowest BCUT2D eigenvalue weighted by molar-refractivity contribution is 0.0983. The number of aromatic nitrogens is 2. The van der Waals surface area contributed by atoms with Gasteiger partial charge in [-0.3, -0.25) is 4.79 Å². The normalized spacial score (nSPS) is 10.9. The average Bonchev–Trinajstić information content (AvgIpc) is 2.61. The fourth-order valence-electron chi connectivity index (χ4n) is 1.46. The number of oxazole rings is 1. The van der Waals surface area contributed by atoms with E-state index in [4.69, 9.17) is 4.42 Å². The third-order valence-corrected chi connectivity index (χ3v) is 2.26. The van der Waals surface area contributed by atoms with Gasteiger partial charge in [0.2, 0.25) is 5.78 Å². The Balaban J connectivity index is 2.69. The molecule has 2 heterocycles. The topological polar surface area (TPSA) is 56.0 Å². The Morgan fingerprint density at radius 1 is 1.47 bits per heavy atom. The Labute approximate surface area is 87.3 Å². The van der Waals surface area contributed by atoms with E-state index in [1.165, 1.54) is 6.92 Å². The van der Waals surface area contributed by atoms with E-state index < -0.39 is 0 Å². The van der Waals surface area contributed by atoms with Crippen LogP contribution in [0.15, 0.2) is 10.5 Å². The van der Waals surface area contributed by atoms with E-state index in [9.17, 15) is 4.79 Å². The van der Waals surface area contributed by atoms with E-state index in [0.29, 0.717) is 11.2 Å². The van der Waals surface area contributed by atoms with Crippen molar-refractivity contribution in [3.8, 4) is 0 Å². The highest BCUT2D eigenvalue weighted by Gasteiger charge is 2.13. The first-order valence-electron chi connectivity index (χ1n) is 4.89. The number of aryl methyl sites for hydroxylation is 2. The van der Waals surface area contributed by atoms with Crippen molar-refractivity contribution in [2.45, 2.75) is 27.2 Å². The molecule has 2 aromatic heterocycles.